The Morgan fingerprint density at radius 1 is 1.00 bits per heavy atom. The molecule has 4 rings (SSSR count). The van der Waals surface area contributed by atoms with Crippen LogP contribution in [0.15, 0.2) is 84.5 Å². The molecular weight excluding hydrogens is 396 g/mol. The van der Waals surface area contributed by atoms with Gasteiger partial charge in [-0.2, -0.15) is 0 Å². The fourth-order valence-electron chi connectivity index (χ4n) is 3.22. The number of nitrogens with zero attached hydrogens (tertiary/aromatic N) is 6. The molecule has 0 N–H and O–H groups in total. The minimum atomic E-state index is 0.0220. The summed E-state index contributed by atoms with van der Waals surface area (Å²) in [5.41, 5.74) is 1.79. The molecule has 8 heteroatoms. The first-order chi connectivity index (χ1) is 14.6. The van der Waals surface area contributed by atoms with Crippen LogP contribution in [0.1, 0.15) is 13.8 Å². The Hall–Kier alpha value is -3.39. The highest BCUT2D eigenvalue weighted by Gasteiger charge is 2.22. The maximum Gasteiger partial charge on any atom is 0.237 e. The Bertz CT molecular complexity index is 1090. The van der Waals surface area contributed by atoms with E-state index < -0.39 is 0 Å². The van der Waals surface area contributed by atoms with Gasteiger partial charge in [-0.25, -0.2) is 4.68 Å². The summed E-state index contributed by atoms with van der Waals surface area (Å²) in [5, 5.41) is 9.38. The summed E-state index contributed by atoms with van der Waals surface area (Å²) in [6.07, 6.45) is 7.29. The summed E-state index contributed by atoms with van der Waals surface area (Å²) in [7, 11) is 0. The van der Waals surface area contributed by atoms with Crippen LogP contribution in [0.5, 0.6) is 0 Å². The van der Waals surface area contributed by atoms with Crippen molar-refractivity contribution in [3.8, 4) is 11.4 Å². The molecule has 0 aliphatic heterocycles. The zero-order valence-corrected chi connectivity index (χ0v) is 17.6. The molecule has 7 nitrogen and oxygen atoms in total. The number of pyridine rings is 1. The summed E-state index contributed by atoms with van der Waals surface area (Å²) >= 11 is 1.37. The molecule has 1 amide bonds. The molecule has 4 aromatic rings. The minimum absolute atomic E-state index is 0.0220. The predicted octanol–water partition coefficient (Wildman–Crippen LogP) is 3.99. The fraction of sp³-hybridized carbons (Fsp3) is 0.182. The molecule has 0 bridgehead atoms. The van der Waals surface area contributed by atoms with Gasteiger partial charge in [0.15, 0.2) is 5.82 Å². The normalized spacial score (nSPS) is 11.0. The van der Waals surface area contributed by atoms with Gasteiger partial charge in [-0.1, -0.05) is 30.0 Å². The van der Waals surface area contributed by atoms with Crippen LogP contribution < -0.4 is 4.90 Å². The first-order valence-electron chi connectivity index (χ1n) is 9.64. The van der Waals surface area contributed by atoms with Crippen molar-refractivity contribution in [2.75, 3.05) is 10.7 Å². The average molecular weight is 419 g/mol. The second-order valence-electron chi connectivity index (χ2n) is 6.90. The standard InChI is InChI=1S/C22H22N6OS/c1-17(2)27(19-8-4-3-5-9-19)20(29)16-30-22-25-24-21(18-10-12-23-13-11-18)28(22)26-14-6-7-15-26/h3-15,17H,16H2,1-2H3. The zero-order chi connectivity index (χ0) is 20.9. The quantitative estimate of drug-likeness (QED) is 0.425. The first-order valence-corrected chi connectivity index (χ1v) is 10.6. The van der Waals surface area contributed by atoms with Crippen LogP contribution in [0.3, 0.4) is 0 Å². The van der Waals surface area contributed by atoms with Gasteiger partial charge in [-0.15, -0.1) is 10.2 Å². The third kappa shape index (κ3) is 4.13. The van der Waals surface area contributed by atoms with Crippen molar-refractivity contribution in [3.63, 3.8) is 0 Å². The minimum Gasteiger partial charge on any atom is -0.309 e. The lowest BCUT2D eigenvalue weighted by Crippen LogP contribution is -2.38. The predicted molar refractivity (Wildman–Crippen MR) is 118 cm³/mol. The van der Waals surface area contributed by atoms with Crippen molar-refractivity contribution in [1.29, 1.82) is 0 Å². The lowest BCUT2D eigenvalue weighted by atomic mass is 10.2. The molecule has 0 fully saturated rings. The molecule has 0 radical (unpaired) electrons. The Kier molecular flexibility index (Phi) is 5.94. The van der Waals surface area contributed by atoms with E-state index in [2.05, 4.69) is 15.2 Å². The molecule has 0 saturated carbocycles. The van der Waals surface area contributed by atoms with Crippen LogP contribution in [0.2, 0.25) is 0 Å². The molecule has 30 heavy (non-hydrogen) atoms. The molecule has 152 valence electrons. The van der Waals surface area contributed by atoms with Crippen LogP contribution in [0, 0.1) is 0 Å². The summed E-state index contributed by atoms with van der Waals surface area (Å²) in [6, 6.07) is 17.4. The zero-order valence-electron chi connectivity index (χ0n) is 16.8. The van der Waals surface area contributed by atoms with Gasteiger partial charge in [-0.3, -0.25) is 14.5 Å². The summed E-state index contributed by atoms with van der Waals surface area (Å²) in [4.78, 5) is 19.0. The maximum atomic E-state index is 13.1. The van der Waals surface area contributed by atoms with E-state index in [9.17, 15) is 4.79 Å². The molecule has 3 aromatic heterocycles. The number of aromatic nitrogens is 5. The number of hydrogen-bond donors (Lipinski definition) is 0. The van der Waals surface area contributed by atoms with Crippen LogP contribution in [0.25, 0.3) is 11.4 Å². The topological polar surface area (TPSA) is 68.8 Å². The van der Waals surface area contributed by atoms with Crippen molar-refractivity contribution in [2.24, 2.45) is 0 Å². The Morgan fingerprint density at radius 3 is 2.37 bits per heavy atom. The van der Waals surface area contributed by atoms with E-state index in [4.69, 9.17) is 0 Å². The molecule has 0 atom stereocenters. The van der Waals surface area contributed by atoms with Gasteiger partial charge in [0.05, 0.1) is 5.75 Å². The molecular formula is C22H22N6OS. The van der Waals surface area contributed by atoms with E-state index in [1.165, 1.54) is 11.8 Å². The van der Waals surface area contributed by atoms with Crippen molar-refractivity contribution >= 4 is 23.4 Å². The summed E-state index contributed by atoms with van der Waals surface area (Å²) in [5.74, 6) is 0.962. The number of carbonyl (C=O) groups is 1. The largest absolute Gasteiger partial charge is 0.309 e. The molecule has 1 aromatic carbocycles. The molecule has 3 heterocycles. The van der Waals surface area contributed by atoms with Crippen molar-refractivity contribution < 1.29 is 4.79 Å². The molecule has 0 unspecified atom stereocenters. The number of thioether (sulfide) groups is 1. The van der Waals surface area contributed by atoms with E-state index in [0.717, 1.165) is 11.3 Å². The highest BCUT2D eigenvalue weighted by molar-refractivity contribution is 7.99. The second-order valence-corrected chi connectivity index (χ2v) is 7.84. The third-order valence-corrected chi connectivity index (χ3v) is 5.42. The van der Waals surface area contributed by atoms with Crippen LogP contribution >= 0.6 is 11.8 Å². The Balaban J connectivity index is 1.61. The fourth-order valence-corrected chi connectivity index (χ4v) is 4.01. The van der Waals surface area contributed by atoms with Gasteiger partial charge in [0.1, 0.15) is 0 Å². The van der Waals surface area contributed by atoms with Crippen molar-refractivity contribution in [1.82, 2.24) is 24.5 Å². The lowest BCUT2D eigenvalue weighted by molar-refractivity contribution is -0.116. The Morgan fingerprint density at radius 2 is 1.70 bits per heavy atom. The molecule has 0 spiro atoms. The van der Waals surface area contributed by atoms with E-state index in [0.29, 0.717) is 11.0 Å². The number of benzene rings is 1. The number of hydrogen-bond acceptors (Lipinski definition) is 5. The van der Waals surface area contributed by atoms with Gasteiger partial charge in [0.25, 0.3) is 0 Å². The summed E-state index contributed by atoms with van der Waals surface area (Å²) < 4.78 is 3.80. The van der Waals surface area contributed by atoms with Gasteiger partial charge in [-0.05, 0) is 50.2 Å². The number of rotatable bonds is 7. The van der Waals surface area contributed by atoms with Crippen molar-refractivity contribution in [3.05, 3.63) is 79.4 Å². The van der Waals surface area contributed by atoms with E-state index >= 15 is 0 Å². The van der Waals surface area contributed by atoms with Crippen LogP contribution in [-0.4, -0.2) is 42.2 Å². The van der Waals surface area contributed by atoms with Gasteiger partial charge in [0.2, 0.25) is 11.1 Å². The number of para-hydroxylation sites is 1. The smallest absolute Gasteiger partial charge is 0.237 e. The van der Waals surface area contributed by atoms with Gasteiger partial charge in [0, 0.05) is 42.1 Å². The third-order valence-electron chi connectivity index (χ3n) is 4.51. The maximum absolute atomic E-state index is 13.1. The number of amides is 1. The number of anilines is 1. The van der Waals surface area contributed by atoms with Crippen molar-refractivity contribution in [2.45, 2.75) is 25.0 Å². The molecule has 0 saturated heterocycles. The van der Waals surface area contributed by atoms with E-state index in [1.807, 2.05) is 95.1 Å². The highest BCUT2D eigenvalue weighted by atomic mass is 32.2. The lowest BCUT2D eigenvalue weighted by Gasteiger charge is -2.26. The van der Waals surface area contributed by atoms with E-state index in [1.54, 1.807) is 12.4 Å². The van der Waals surface area contributed by atoms with Gasteiger partial charge >= 0.3 is 0 Å². The monoisotopic (exact) mass is 418 g/mol. The SMILES string of the molecule is CC(C)N(C(=O)CSc1nnc(-c2ccncc2)n1-n1cccc1)c1ccccc1. The number of carbonyl (C=O) groups excluding carboxylic acids is 1. The molecule has 0 aliphatic carbocycles. The second kappa shape index (κ2) is 8.96. The molecule has 0 aliphatic rings. The highest BCUT2D eigenvalue weighted by Crippen LogP contribution is 2.25. The Labute approximate surface area is 179 Å². The average Bonchev–Trinajstić information content (AvgIpc) is 3.43. The van der Waals surface area contributed by atoms with E-state index in [-0.39, 0.29) is 17.7 Å². The van der Waals surface area contributed by atoms with Crippen LogP contribution in [-0.2, 0) is 4.79 Å². The summed E-state index contributed by atoms with van der Waals surface area (Å²) in [6.45, 7) is 4.03. The van der Waals surface area contributed by atoms with Crippen LogP contribution in [0.4, 0.5) is 5.69 Å². The van der Waals surface area contributed by atoms with Gasteiger partial charge < -0.3 is 4.90 Å². The first kappa shape index (κ1) is 19.9.